The second-order valence-corrected chi connectivity index (χ2v) is 7.17. The summed E-state index contributed by atoms with van der Waals surface area (Å²) < 4.78 is 0. The molecular formula is C22H22ClN3OS. The molecule has 3 N–H and O–H groups in total. The zero-order valence-electron chi connectivity index (χ0n) is 15.7. The Hall–Kier alpha value is -2.56. The summed E-state index contributed by atoms with van der Waals surface area (Å²) in [5.74, 6) is 1.55. The molecule has 0 unspecified atom stereocenters. The largest absolute Gasteiger partial charge is 0.763 e. The number of Topliss-reactive ketones (excluding diaryl/α,β-unsaturated/α-hetero) is 1. The van der Waals surface area contributed by atoms with Gasteiger partial charge in [0.2, 0.25) is 5.78 Å². The summed E-state index contributed by atoms with van der Waals surface area (Å²) >= 11 is 7.32. The monoisotopic (exact) mass is 411 g/mol. The average molecular weight is 412 g/mol. The molecule has 1 aromatic heterocycles. The smallest absolute Gasteiger partial charge is 0.203 e. The molecule has 2 aromatic carbocycles. The van der Waals surface area contributed by atoms with Crippen molar-refractivity contribution in [3.05, 3.63) is 81.0 Å². The number of nitrogens with zero attached hydrogens (tertiary/aromatic N) is 2. The Labute approximate surface area is 174 Å². The maximum atomic E-state index is 12.6. The lowest BCUT2D eigenvalue weighted by Gasteiger charge is -2.04. The summed E-state index contributed by atoms with van der Waals surface area (Å²) in [6, 6.07) is 16.3. The first-order valence-corrected chi connectivity index (χ1v) is 10.2. The van der Waals surface area contributed by atoms with Crippen LogP contribution >= 0.6 is 22.9 Å². The van der Waals surface area contributed by atoms with Crippen LogP contribution in [0.1, 0.15) is 35.1 Å². The van der Waals surface area contributed by atoms with Crippen LogP contribution in [0.4, 0.5) is 0 Å². The third kappa shape index (κ3) is 5.72. The fourth-order valence-corrected chi connectivity index (χ4v) is 3.40. The lowest BCUT2D eigenvalue weighted by molar-refractivity contribution is -0.368. The fourth-order valence-electron chi connectivity index (χ4n) is 2.36. The molecular weight excluding hydrogens is 390 g/mol. The van der Waals surface area contributed by atoms with Gasteiger partial charge in [-0.05, 0) is 18.6 Å². The van der Waals surface area contributed by atoms with Crippen LogP contribution in [0.15, 0.2) is 60.0 Å². The molecule has 0 aliphatic carbocycles. The van der Waals surface area contributed by atoms with Gasteiger partial charge in [0.1, 0.15) is 5.01 Å². The molecule has 3 aromatic rings. The topological polar surface area (TPSA) is 79.9 Å². The van der Waals surface area contributed by atoms with Crippen molar-refractivity contribution in [1.82, 2.24) is 4.98 Å². The molecule has 3 rings (SSSR count). The van der Waals surface area contributed by atoms with Gasteiger partial charge in [-0.2, -0.15) is 0 Å². The van der Waals surface area contributed by atoms with Gasteiger partial charge in [0.05, 0.1) is 22.8 Å². The van der Waals surface area contributed by atoms with E-state index in [0.29, 0.717) is 15.6 Å². The van der Waals surface area contributed by atoms with Gasteiger partial charge in [-0.15, -0.1) is 11.3 Å². The minimum atomic E-state index is -0.410. The average Bonchev–Trinajstić information content (AvgIpc) is 3.20. The maximum Gasteiger partial charge on any atom is 0.203 e. The van der Waals surface area contributed by atoms with Crippen molar-refractivity contribution in [1.29, 1.82) is 0 Å². The van der Waals surface area contributed by atoms with E-state index in [1.54, 1.807) is 24.3 Å². The molecule has 0 aliphatic rings. The van der Waals surface area contributed by atoms with Crippen LogP contribution in [0.25, 0.3) is 22.2 Å². The van der Waals surface area contributed by atoms with Crippen LogP contribution in [-0.4, -0.2) is 23.2 Å². The number of ketones is 1. The predicted octanol–water partition coefficient (Wildman–Crippen LogP) is 5.00. The third-order valence-corrected chi connectivity index (χ3v) is 5.04. The molecule has 0 saturated heterocycles. The number of quaternary nitrogens is 1. The number of hydrogen-bond acceptors (Lipinski definition) is 3. The first-order chi connectivity index (χ1) is 13.6. The number of hydrogen-bond donors (Lipinski definition) is 1. The number of aromatic nitrogens is 1. The summed E-state index contributed by atoms with van der Waals surface area (Å²) in [5, 5.41) is 12.0. The van der Waals surface area contributed by atoms with Crippen molar-refractivity contribution < 1.29 is 10.5 Å². The van der Waals surface area contributed by atoms with E-state index in [9.17, 15) is 10.2 Å². The minimum absolute atomic E-state index is 0.00489. The molecule has 0 saturated carbocycles. The van der Waals surface area contributed by atoms with E-state index < -0.39 is 5.78 Å². The second kappa shape index (κ2) is 11.3. The first kappa shape index (κ1) is 21.7. The third-order valence-electron chi connectivity index (χ3n) is 3.85. The summed E-state index contributed by atoms with van der Waals surface area (Å²) in [6.07, 6.45) is 2.56. The van der Waals surface area contributed by atoms with Crippen LogP contribution in [0.2, 0.25) is 5.02 Å². The van der Waals surface area contributed by atoms with E-state index in [4.69, 9.17) is 11.6 Å². The van der Waals surface area contributed by atoms with Crippen molar-refractivity contribution in [2.24, 2.45) is 0 Å². The van der Waals surface area contributed by atoms with E-state index in [2.05, 4.69) is 17.6 Å². The molecule has 4 nitrogen and oxygen atoms in total. The van der Waals surface area contributed by atoms with E-state index in [1.165, 1.54) is 24.2 Å². The van der Waals surface area contributed by atoms with Gasteiger partial charge in [0.25, 0.3) is 0 Å². The summed E-state index contributed by atoms with van der Waals surface area (Å²) in [5.41, 5.74) is 5.67. The van der Waals surface area contributed by atoms with E-state index >= 15 is 0 Å². The van der Waals surface area contributed by atoms with Gasteiger partial charge >= 0.3 is 0 Å². The Morgan fingerprint density at radius 1 is 1.18 bits per heavy atom. The summed E-state index contributed by atoms with van der Waals surface area (Å²) in [6.45, 7) is 3.27. The fraction of sp³-hybridized carbons (Fsp3) is 0.182. The Bertz CT molecular complexity index is 961. The number of rotatable bonds is 6. The molecule has 0 bridgehead atoms. The normalized spacial score (nSPS) is 9.82. The standard InChI is InChI=1S/C18H10ClN2OS.C4H11N/c19-15-9-5-4-8-13(15)17(22)14(10-20)18-21-16(11-23-18)12-6-2-1-3-7-12;1-2-3-4-5/h1-9,11H;2-5H2,1H3/q-1;/p+1. The van der Waals surface area contributed by atoms with Gasteiger partial charge < -0.3 is 11.1 Å². The molecule has 28 heavy (non-hydrogen) atoms. The van der Waals surface area contributed by atoms with Crippen molar-refractivity contribution in [2.45, 2.75) is 19.8 Å². The van der Waals surface area contributed by atoms with Gasteiger partial charge in [0, 0.05) is 16.5 Å². The maximum absolute atomic E-state index is 12.6. The van der Waals surface area contributed by atoms with Crippen molar-refractivity contribution in [3.8, 4) is 11.3 Å². The highest BCUT2D eigenvalue weighted by molar-refractivity contribution is 7.11. The zero-order chi connectivity index (χ0) is 20.4. The highest BCUT2D eigenvalue weighted by Crippen LogP contribution is 2.28. The number of thiazole rings is 1. The van der Waals surface area contributed by atoms with Crippen molar-refractivity contribution >= 4 is 40.2 Å². The van der Waals surface area contributed by atoms with Crippen LogP contribution in [-0.2, 0) is 0 Å². The van der Waals surface area contributed by atoms with Crippen molar-refractivity contribution in [2.75, 3.05) is 6.54 Å². The summed E-state index contributed by atoms with van der Waals surface area (Å²) in [7, 11) is 0. The van der Waals surface area contributed by atoms with Crippen LogP contribution in [0, 0.1) is 0 Å². The summed E-state index contributed by atoms with van der Waals surface area (Å²) in [4.78, 5) is 17.0. The number of carbonyl (C=O) groups is 1. The molecule has 0 fully saturated rings. The van der Waals surface area contributed by atoms with Gasteiger partial charge in [0.15, 0.2) is 0 Å². The van der Waals surface area contributed by atoms with Crippen molar-refractivity contribution in [3.63, 3.8) is 0 Å². The zero-order valence-corrected chi connectivity index (χ0v) is 17.3. The number of halogens is 1. The molecule has 144 valence electrons. The second-order valence-electron chi connectivity index (χ2n) is 5.91. The highest BCUT2D eigenvalue weighted by Gasteiger charge is 2.18. The Kier molecular flexibility index (Phi) is 8.79. The molecule has 0 atom stereocenters. The molecule has 0 spiro atoms. The van der Waals surface area contributed by atoms with Gasteiger partial charge in [-0.1, -0.05) is 67.4 Å². The Balaban J connectivity index is 0.000000500. The molecule has 1 heterocycles. The Morgan fingerprint density at radius 3 is 2.43 bits per heavy atom. The van der Waals surface area contributed by atoms with E-state index in [1.807, 2.05) is 41.6 Å². The van der Waals surface area contributed by atoms with Gasteiger partial charge in [-0.25, -0.2) is 4.98 Å². The van der Waals surface area contributed by atoms with Crippen LogP contribution in [0.5, 0.6) is 0 Å². The predicted molar refractivity (Wildman–Crippen MR) is 118 cm³/mol. The molecule has 0 radical (unpaired) electrons. The van der Waals surface area contributed by atoms with Gasteiger partial charge in [-0.3, -0.25) is 10.7 Å². The molecule has 0 amide bonds. The Morgan fingerprint density at radius 2 is 1.86 bits per heavy atom. The number of allylic oxidation sites excluding steroid dienone is 1. The molecule has 6 heteroatoms. The number of carbonyl (C=O) groups excluding carboxylic acids is 1. The SMILES string of the molecule is CCCC[NH3+].[N-]=C=C(C(=O)c1ccccc1Cl)c1nc(-c2ccccc2)cs1. The van der Waals surface area contributed by atoms with E-state index in [0.717, 1.165) is 17.8 Å². The quantitative estimate of drug-likeness (QED) is 0.352. The molecule has 0 aliphatic heterocycles. The van der Waals surface area contributed by atoms with Crippen LogP contribution in [0.3, 0.4) is 0 Å². The highest BCUT2D eigenvalue weighted by atomic mass is 35.5. The lowest BCUT2D eigenvalue weighted by atomic mass is 10.0. The van der Waals surface area contributed by atoms with Crippen LogP contribution < -0.4 is 5.73 Å². The minimum Gasteiger partial charge on any atom is -0.763 e. The number of unbranched alkanes of at least 4 members (excludes halogenated alkanes) is 1. The van der Waals surface area contributed by atoms with E-state index in [-0.39, 0.29) is 5.57 Å². The number of benzene rings is 2. The first-order valence-electron chi connectivity index (χ1n) is 8.99. The lowest BCUT2D eigenvalue weighted by Crippen LogP contribution is -2.49.